The molecular formula is C15H22O7. The van der Waals surface area contributed by atoms with Gasteiger partial charge in [0, 0.05) is 20.8 Å². The molecule has 1 aliphatic heterocycles. The van der Waals surface area contributed by atoms with Gasteiger partial charge < -0.3 is 18.9 Å². The highest BCUT2D eigenvalue weighted by Gasteiger charge is 2.49. The molecule has 0 aromatic heterocycles. The Labute approximate surface area is 129 Å². The molecule has 0 radical (unpaired) electrons. The van der Waals surface area contributed by atoms with E-state index in [0.717, 1.165) is 0 Å². The van der Waals surface area contributed by atoms with Gasteiger partial charge in [-0.15, -0.1) is 6.58 Å². The number of hydrogen-bond acceptors (Lipinski definition) is 7. The van der Waals surface area contributed by atoms with Crippen molar-refractivity contribution in [2.45, 2.75) is 64.6 Å². The van der Waals surface area contributed by atoms with Gasteiger partial charge in [-0.25, -0.2) is 0 Å². The highest BCUT2D eigenvalue weighted by molar-refractivity contribution is 5.68. The minimum absolute atomic E-state index is 0.396. The molecule has 7 nitrogen and oxygen atoms in total. The molecule has 22 heavy (non-hydrogen) atoms. The molecule has 7 heteroatoms. The minimum Gasteiger partial charge on any atom is -0.456 e. The second kappa shape index (κ2) is 7.93. The van der Waals surface area contributed by atoms with Crippen molar-refractivity contribution < 1.29 is 33.3 Å². The highest BCUT2D eigenvalue weighted by atomic mass is 16.6. The zero-order valence-electron chi connectivity index (χ0n) is 13.2. The molecule has 0 N–H and O–H groups in total. The molecule has 0 saturated carbocycles. The second-order valence-electron chi connectivity index (χ2n) is 5.13. The smallest absolute Gasteiger partial charge is 0.303 e. The minimum atomic E-state index is -0.931. The van der Waals surface area contributed by atoms with E-state index in [1.54, 1.807) is 13.0 Å². The van der Waals surface area contributed by atoms with E-state index < -0.39 is 48.4 Å². The van der Waals surface area contributed by atoms with Gasteiger partial charge in [0.1, 0.15) is 6.10 Å². The lowest BCUT2D eigenvalue weighted by atomic mass is 9.93. The number of rotatable bonds is 5. The summed E-state index contributed by atoms with van der Waals surface area (Å²) in [5.74, 6) is -1.65. The van der Waals surface area contributed by atoms with Crippen LogP contribution in [-0.2, 0) is 33.3 Å². The molecule has 1 heterocycles. The van der Waals surface area contributed by atoms with Crippen molar-refractivity contribution >= 4 is 17.9 Å². The van der Waals surface area contributed by atoms with Crippen LogP contribution >= 0.6 is 0 Å². The van der Waals surface area contributed by atoms with Crippen LogP contribution < -0.4 is 0 Å². The summed E-state index contributed by atoms with van der Waals surface area (Å²) in [7, 11) is 0. The van der Waals surface area contributed by atoms with E-state index in [-0.39, 0.29) is 0 Å². The largest absolute Gasteiger partial charge is 0.456 e. The third kappa shape index (κ3) is 4.84. The molecule has 0 aromatic rings. The SMILES string of the molecule is C=CC[C@@H]1OC(C)[C@@H](OC(C)=O)C(OC(C)=O)C1OC(C)=O. The van der Waals surface area contributed by atoms with Crippen LogP contribution in [0.25, 0.3) is 0 Å². The fraction of sp³-hybridized carbons (Fsp3) is 0.667. The maximum absolute atomic E-state index is 11.4. The first kappa shape index (κ1) is 18.2. The number of carbonyl (C=O) groups is 3. The van der Waals surface area contributed by atoms with Crippen LogP contribution in [0.1, 0.15) is 34.1 Å². The van der Waals surface area contributed by atoms with E-state index in [0.29, 0.717) is 6.42 Å². The molecule has 1 rings (SSSR count). The third-order valence-corrected chi connectivity index (χ3v) is 3.17. The van der Waals surface area contributed by atoms with E-state index >= 15 is 0 Å². The quantitative estimate of drug-likeness (QED) is 0.427. The Balaban J connectivity index is 3.12. The van der Waals surface area contributed by atoms with Crippen LogP contribution in [0.15, 0.2) is 12.7 Å². The summed E-state index contributed by atoms with van der Waals surface area (Å²) in [6.07, 6.45) is -1.71. The highest BCUT2D eigenvalue weighted by Crippen LogP contribution is 2.30. The Morgan fingerprint density at radius 1 is 0.955 bits per heavy atom. The van der Waals surface area contributed by atoms with Crippen molar-refractivity contribution in [3.63, 3.8) is 0 Å². The fourth-order valence-corrected chi connectivity index (χ4v) is 2.47. The lowest BCUT2D eigenvalue weighted by Crippen LogP contribution is -2.60. The molecule has 0 spiro atoms. The molecular weight excluding hydrogens is 292 g/mol. The molecule has 1 fully saturated rings. The van der Waals surface area contributed by atoms with Gasteiger partial charge in [-0.05, 0) is 13.3 Å². The van der Waals surface area contributed by atoms with E-state index in [4.69, 9.17) is 18.9 Å². The van der Waals surface area contributed by atoms with Gasteiger partial charge in [0.25, 0.3) is 0 Å². The average Bonchev–Trinajstić information content (AvgIpc) is 2.37. The van der Waals surface area contributed by atoms with E-state index in [9.17, 15) is 14.4 Å². The molecule has 1 saturated heterocycles. The van der Waals surface area contributed by atoms with Crippen LogP contribution in [0.3, 0.4) is 0 Å². The van der Waals surface area contributed by atoms with Crippen LogP contribution in [0.5, 0.6) is 0 Å². The summed E-state index contributed by atoms with van der Waals surface area (Å²) >= 11 is 0. The zero-order valence-corrected chi connectivity index (χ0v) is 13.2. The lowest BCUT2D eigenvalue weighted by molar-refractivity contribution is -0.242. The van der Waals surface area contributed by atoms with E-state index in [1.165, 1.54) is 20.8 Å². The summed E-state index contributed by atoms with van der Waals surface area (Å²) in [5, 5.41) is 0. The number of ether oxygens (including phenoxy) is 4. The Morgan fingerprint density at radius 3 is 1.86 bits per heavy atom. The van der Waals surface area contributed by atoms with Gasteiger partial charge in [-0.3, -0.25) is 14.4 Å². The first-order valence-corrected chi connectivity index (χ1v) is 7.04. The standard InChI is InChI=1S/C15H22O7/c1-6-7-12-14(21-10(4)17)15(22-11(5)18)13(8(2)19-12)20-9(3)16/h6,8,12-15H,1,7H2,2-5H3/t8?,12-,13+,14?,15?/m0/s1. The van der Waals surface area contributed by atoms with E-state index in [2.05, 4.69) is 6.58 Å². The van der Waals surface area contributed by atoms with Gasteiger partial charge in [-0.2, -0.15) is 0 Å². The monoisotopic (exact) mass is 314 g/mol. The zero-order chi connectivity index (χ0) is 16.9. The molecule has 0 aromatic carbocycles. The first-order chi connectivity index (χ1) is 10.3. The summed E-state index contributed by atoms with van der Waals surface area (Å²) in [5.41, 5.74) is 0. The van der Waals surface area contributed by atoms with Crippen molar-refractivity contribution in [1.82, 2.24) is 0 Å². The topological polar surface area (TPSA) is 88.1 Å². The summed E-state index contributed by atoms with van der Waals surface area (Å²) in [4.78, 5) is 34.0. The van der Waals surface area contributed by atoms with E-state index in [1.807, 2.05) is 0 Å². The normalized spacial score (nSPS) is 31.0. The number of hydrogen-bond donors (Lipinski definition) is 0. The molecule has 0 bridgehead atoms. The van der Waals surface area contributed by atoms with Gasteiger partial charge in [0.15, 0.2) is 18.3 Å². The summed E-state index contributed by atoms with van der Waals surface area (Å²) in [6.45, 7) is 9.06. The van der Waals surface area contributed by atoms with Crippen LogP contribution in [0.4, 0.5) is 0 Å². The van der Waals surface area contributed by atoms with Crippen LogP contribution in [-0.4, -0.2) is 48.4 Å². The summed E-state index contributed by atoms with van der Waals surface area (Å²) < 4.78 is 21.5. The Bertz CT molecular complexity index is 445. The van der Waals surface area contributed by atoms with Gasteiger partial charge in [-0.1, -0.05) is 6.08 Å². The van der Waals surface area contributed by atoms with Crippen LogP contribution in [0.2, 0.25) is 0 Å². The van der Waals surface area contributed by atoms with Crippen LogP contribution in [0, 0.1) is 0 Å². The molecule has 3 unspecified atom stereocenters. The number of carbonyl (C=O) groups excluding carboxylic acids is 3. The maximum atomic E-state index is 11.4. The molecule has 124 valence electrons. The second-order valence-corrected chi connectivity index (χ2v) is 5.13. The average molecular weight is 314 g/mol. The van der Waals surface area contributed by atoms with Crippen molar-refractivity contribution in [2.24, 2.45) is 0 Å². The van der Waals surface area contributed by atoms with Gasteiger partial charge in [0.2, 0.25) is 0 Å². The Hall–Kier alpha value is -1.89. The predicted molar refractivity (Wildman–Crippen MR) is 75.8 cm³/mol. The predicted octanol–water partition coefficient (Wildman–Crippen LogP) is 1.14. The van der Waals surface area contributed by atoms with Crippen molar-refractivity contribution in [3.8, 4) is 0 Å². The summed E-state index contributed by atoms with van der Waals surface area (Å²) in [6, 6.07) is 0. The van der Waals surface area contributed by atoms with Gasteiger partial charge >= 0.3 is 17.9 Å². The van der Waals surface area contributed by atoms with Crippen molar-refractivity contribution in [3.05, 3.63) is 12.7 Å². The molecule has 0 aliphatic carbocycles. The molecule has 5 atom stereocenters. The van der Waals surface area contributed by atoms with Crippen molar-refractivity contribution in [2.75, 3.05) is 0 Å². The van der Waals surface area contributed by atoms with Gasteiger partial charge in [0.05, 0.1) is 6.10 Å². The maximum Gasteiger partial charge on any atom is 0.303 e. The molecule has 0 amide bonds. The lowest BCUT2D eigenvalue weighted by Gasteiger charge is -2.43. The Morgan fingerprint density at radius 2 is 1.41 bits per heavy atom. The fourth-order valence-electron chi connectivity index (χ4n) is 2.47. The Kier molecular flexibility index (Phi) is 6.55. The number of esters is 3. The third-order valence-electron chi connectivity index (χ3n) is 3.17. The first-order valence-electron chi connectivity index (χ1n) is 7.04. The molecule has 1 aliphatic rings. The van der Waals surface area contributed by atoms with Crippen molar-refractivity contribution in [1.29, 1.82) is 0 Å².